The Morgan fingerprint density at radius 3 is 2.27 bits per heavy atom. The molecular formula is C17H12BrClF3N3O6S2. The third kappa shape index (κ3) is 5.43. The number of rotatable bonds is 6. The maximum atomic E-state index is 12.9. The molecule has 16 heteroatoms. The minimum Gasteiger partial charge on any atom is -0.477 e. The molecular weight excluding hydrogens is 579 g/mol. The van der Waals surface area contributed by atoms with Crippen molar-refractivity contribution in [3.8, 4) is 0 Å². The molecule has 9 nitrogen and oxygen atoms in total. The van der Waals surface area contributed by atoms with E-state index in [1.54, 1.807) is 0 Å². The van der Waals surface area contributed by atoms with Gasteiger partial charge in [-0.2, -0.15) is 26.3 Å². The molecule has 1 atom stereocenters. The number of aliphatic carboxylic acids is 1. The number of carbonyl (C=O) groups is 1. The van der Waals surface area contributed by atoms with Gasteiger partial charge in [-0.1, -0.05) is 27.5 Å². The highest BCUT2D eigenvalue weighted by atomic mass is 79.9. The number of anilines is 2. The van der Waals surface area contributed by atoms with E-state index >= 15 is 0 Å². The summed E-state index contributed by atoms with van der Waals surface area (Å²) < 4.78 is 89.5. The molecule has 0 bridgehead atoms. The molecule has 2 aromatic rings. The lowest BCUT2D eigenvalue weighted by Crippen LogP contribution is -2.32. The predicted octanol–water partition coefficient (Wildman–Crippen LogP) is 3.78. The number of fused-ring (bicyclic) bond motifs is 1. The van der Waals surface area contributed by atoms with Crippen LogP contribution in [0.3, 0.4) is 0 Å². The second-order valence-corrected chi connectivity index (χ2v) is 11.2. The Balaban J connectivity index is 1.93. The standard InChI is InChI=1S/C17H12BrClF3N3O6S2/c18-11-5-8(19)6-12-15(11)13(7-14(23-12)16(26)27)25-32(28,29)10-3-1-9(2-4-10)24-33(30,31)17(20,21)22/h1-7,13,23-25H,(H,26,27). The quantitative estimate of drug-likeness (QED) is 0.401. The van der Waals surface area contributed by atoms with Crippen molar-refractivity contribution < 1.29 is 39.9 Å². The van der Waals surface area contributed by atoms with Gasteiger partial charge in [-0.3, -0.25) is 4.72 Å². The van der Waals surface area contributed by atoms with Gasteiger partial charge < -0.3 is 10.4 Å². The summed E-state index contributed by atoms with van der Waals surface area (Å²) in [4.78, 5) is 11.0. The molecule has 33 heavy (non-hydrogen) atoms. The van der Waals surface area contributed by atoms with Gasteiger partial charge in [0.05, 0.1) is 10.9 Å². The Morgan fingerprint density at radius 2 is 1.73 bits per heavy atom. The van der Waals surface area contributed by atoms with E-state index in [1.807, 2.05) is 0 Å². The minimum absolute atomic E-state index is 0.235. The number of carboxylic acids is 1. The van der Waals surface area contributed by atoms with Crippen LogP contribution in [0.25, 0.3) is 0 Å². The fourth-order valence-electron chi connectivity index (χ4n) is 2.81. The number of benzene rings is 2. The van der Waals surface area contributed by atoms with Gasteiger partial charge in [-0.15, -0.1) is 0 Å². The highest BCUT2D eigenvalue weighted by Crippen LogP contribution is 2.39. The number of carboxylic acid groups (broad SMARTS) is 1. The van der Waals surface area contributed by atoms with Gasteiger partial charge in [-0.05, 0) is 42.5 Å². The van der Waals surface area contributed by atoms with E-state index in [0.29, 0.717) is 10.0 Å². The third-order valence-electron chi connectivity index (χ3n) is 4.24. The number of sulfonamides is 2. The monoisotopic (exact) mass is 589 g/mol. The van der Waals surface area contributed by atoms with Crippen molar-refractivity contribution in [1.29, 1.82) is 0 Å². The summed E-state index contributed by atoms with van der Waals surface area (Å²) in [6.45, 7) is 0. The molecule has 0 spiro atoms. The van der Waals surface area contributed by atoms with E-state index in [9.17, 15) is 39.9 Å². The fourth-order valence-corrected chi connectivity index (χ4v) is 5.58. The van der Waals surface area contributed by atoms with Crippen molar-refractivity contribution in [1.82, 2.24) is 4.72 Å². The summed E-state index contributed by atoms with van der Waals surface area (Å²) in [5.41, 5.74) is -5.81. The van der Waals surface area contributed by atoms with E-state index in [2.05, 4.69) is 26.0 Å². The molecule has 0 amide bonds. The van der Waals surface area contributed by atoms with Crippen molar-refractivity contribution in [2.75, 3.05) is 10.0 Å². The summed E-state index contributed by atoms with van der Waals surface area (Å²) in [6, 6.07) is 5.16. The van der Waals surface area contributed by atoms with Gasteiger partial charge in [0.25, 0.3) is 0 Å². The largest absolute Gasteiger partial charge is 0.516 e. The topological polar surface area (TPSA) is 142 Å². The van der Waals surface area contributed by atoms with E-state index in [-0.39, 0.29) is 16.4 Å². The van der Waals surface area contributed by atoms with Crippen LogP contribution < -0.4 is 14.8 Å². The lowest BCUT2D eigenvalue weighted by atomic mass is 10.0. The summed E-state index contributed by atoms with van der Waals surface area (Å²) >= 11 is 9.23. The second-order valence-electron chi connectivity index (χ2n) is 6.53. The zero-order valence-corrected chi connectivity index (χ0v) is 19.8. The van der Waals surface area contributed by atoms with Crippen molar-refractivity contribution in [3.63, 3.8) is 0 Å². The molecule has 0 saturated carbocycles. The molecule has 1 unspecified atom stereocenters. The Morgan fingerprint density at radius 1 is 1.12 bits per heavy atom. The molecule has 0 fully saturated rings. The van der Waals surface area contributed by atoms with Crippen molar-refractivity contribution in [2.45, 2.75) is 16.4 Å². The molecule has 178 valence electrons. The molecule has 3 rings (SSSR count). The first kappa shape index (κ1) is 25.3. The summed E-state index contributed by atoms with van der Waals surface area (Å²) in [5.74, 6) is -1.36. The normalized spacial score (nSPS) is 16.4. The first-order valence-electron chi connectivity index (χ1n) is 8.53. The SMILES string of the molecule is O=C(O)C1=CC(NS(=O)(=O)c2ccc(NS(=O)(=O)C(F)(F)F)cc2)c2c(Br)cc(Cl)cc2N1. The number of hydrogen-bond donors (Lipinski definition) is 4. The molecule has 1 heterocycles. The van der Waals surface area contributed by atoms with E-state index < -0.39 is 48.1 Å². The average molecular weight is 591 g/mol. The van der Waals surface area contributed by atoms with E-state index in [1.165, 1.54) is 16.9 Å². The van der Waals surface area contributed by atoms with Gasteiger partial charge in [0.1, 0.15) is 5.70 Å². The Bertz CT molecular complexity index is 1360. The van der Waals surface area contributed by atoms with E-state index in [0.717, 1.165) is 30.3 Å². The summed E-state index contributed by atoms with van der Waals surface area (Å²) in [7, 11) is -10.0. The van der Waals surface area contributed by atoms with Crippen LogP contribution in [0, 0.1) is 0 Å². The number of halogens is 5. The number of hydrogen-bond acceptors (Lipinski definition) is 6. The van der Waals surface area contributed by atoms with Gasteiger partial charge in [-0.25, -0.2) is 13.2 Å². The van der Waals surface area contributed by atoms with Crippen molar-refractivity contribution >= 4 is 64.9 Å². The van der Waals surface area contributed by atoms with Gasteiger partial charge in [0.2, 0.25) is 10.0 Å². The van der Waals surface area contributed by atoms with Crippen LogP contribution in [0.2, 0.25) is 5.02 Å². The highest BCUT2D eigenvalue weighted by Gasteiger charge is 2.46. The Kier molecular flexibility index (Phi) is 6.74. The summed E-state index contributed by atoms with van der Waals surface area (Å²) in [5, 5.41) is 12.2. The first-order chi connectivity index (χ1) is 15.1. The van der Waals surface area contributed by atoms with Crippen molar-refractivity contribution in [3.05, 3.63) is 63.2 Å². The van der Waals surface area contributed by atoms with Crippen LogP contribution in [0.15, 0.2) is 57.5 Å². The molecule has 1 aliphatic heterocycles. The number of nitrogens with one attached hydrogen (secondary N) is 3. The lowest BCUT2D eigenvalue weighted by molar-refractivity contribution is -0.132. The smallest absolute Gasteiger partial charge is 0.477 e. The lowest BCUT2D eigenvalue weighted by Gasteiger charge is -2.26. The predicted molar refractivity (Wildman–Crippen MR) is 117 cm³/mol. The molecule has 0 radical (unpaired) electrons. The average Bonchev–Trinajstić information content (AvgIpc) is 2.66. The second kappa shape index (κ2) is 8.79. The molecule has 1 aliphatic rings. The van der Waals surface area contributed by atoms with Gasteiger partial charge >= 0.3 is 21.5 Å². The summed E-state index contributed by atoms with van der Waals surface area (Å²) in [6.07, 6.45) is 1.12. The fraction of sp³-hybridized carbons (Fsp3) is 0.118. The van der Waals surface area contributed by atoms with Crippen LogP contribution in [0.5, 0.6) is 0 Å². The van der Waals surface area contributed by atoms with Gasteiger partial charge in [0, 0.05) is 26.4 Å². The highest BCUT2D eigenvalue weighted by molar-refractivity contribution is 9.10. The maximum absolute atomic E-state index is 12.9. The van der Waals surface area contributed by atoms with Crippen LogP contribution in [-0.4, -0.2) is 33.4 Å². The number of alkyl halides is 3. The van der Waals surface area contributed by atoms with Crippen LogP contribution in [-0.2, 0) is 24.8 Å². The third-order valence-corrected chi connectivity index (χ3v) is 7.69. The maximum Gasteiger partial charge on any atom is 0.516 e. The van der Waals surface area contributed by atoms with Gasteiger partial charge in [0.15, 0.2) is 0 Å². The van der Waals surface area contributed by atoms with Crippen LogP contribution in [0.1, 0.15) is 11.6 Å². The zero-order chi connectivity index (χ0) is 24.8. The van der Waals surface area contributed by atoms with Crippen LogP contribution in [0.4, 0.5) is 24.5 Å². The van der Waals surface area contributed by atoms with Crippen molar-refractivity contribution in [2.24, 2.45) is 0 Å². The first-order valence-corrected chi connectivity index (χ1v) is 12.7. The Hall–Kier alpha value is -2.33. The molecule has 0 aliphatic carbocycles. The molecule has 4 N–H and O–H groups in total. The van der Waals surface area contributed by atoms with E-state index in [4.69, 9.17) is 11.6 Å². The minimum atomic E-state index is -5.68. The molecule has 0 saturated heterocycles. The zero-order valence-electron chi connectivity index (χ0n) is 15.8. The molecule has 2 aromatic carbocycles. The Labute approximate surface area is 198 Å². The van der Waals surface area contributed by atoms with Crippen LogP contribution >= 0.6 is 27.5 Å². The molecule has 0 aromatic heterocycles.